The summed E-state index contributed by atoms with van der Waals surface area (Å²) in [5, 5.41) is 0. The highest BCUT2D eigenvalue weighted by Crippen LogP contribution is 2.15. The van der Waals surface area contributed by atoms with Gasteiger partial charge in [-0.3, -0.25) is 4.21 Å². The molecule has 1 rings (SSSR count). The molecule has 0 heterocycles. The third-order valence-electron chi connectivity index (χ3n) is 1.80. The predicted octanol–water partition coefficient (Wildman–Crippen LogP) is 0.892. The lowest BCUT2D eigenvalue weighted by molar-refractivity contribution is -0.00846. The van der Waals surface area contributed by atoms with Crippen molar-refractivity contribution in [1.82, 2.24) is 0 Å². The van der Waals surface area contributed by atoms with Gasteiger partial charge in [-0.2, -0.15) is 0 Å². The second-order valence-corrected chi connectivity index (χ2v) is 3.70. The number of methoxy groups -OCH3 is 1. The first kappa shape index (κ1) is 13.9. The van der Waals surface area contributed by atoms with Crippen LogP contribution in [0.25, 0.3) is 0 Å². The number of anilines is 1. The van der Waals surface area contributed by atoms with Crippen molar-refractivity contribution in [3.8, 4) is 5.75 Å². The molecule has 0 saturated heterocycles. The lowest BCUT2D eigenvalue weighted by Crippen LogP contribution is -2.07. The molecule has 0 saturated carbocycles. The maximum Gasteiger partial charge on any atom is 0.189 e. The van der Waals surface area contributed by atoms with E-state index in [4.69, 9.17) is 14.2 Å². The lowest BCUT2D eigenvalue weighted by atomic mass is 10.3. The first-order valence-corrected chi connectivity index (χ1v) is 5.95. The SMILES string of the molecule is COCCOCOc1ccc(NS(=O)[O-])cc1. The van der Waals surface area contributed by atoms with Crippen LogP contribution in [0.3, 0.4) is 0 Å². The van der Waals surface area contributed by atoms with Crippen LogP contribution in [-0.4, -0.2) is 35.9 Å². The molecule has 96 valence electrons. The van der Waals surface area contributed by atoms with Gasteiger partial charge in [-0.15, -0.1) is 0 Å². The molecule has 0 fully saturated rings. The van der Waals surface area contributed by atoms with Crippen LogP contribution in [0, 0.1) is 0 Å². The van der Waals surface area contributed by atoms with Crippen molar-refractivity contribution in [2.75, 3.05) is 31.8 Å². The molecule has 0 aliphatic heterocycles. The fourth-order valence-electron chi connectivity index (χ4n) is 1.03. The average Bonchev–Trinajstić information content (AvgIpc) is 2.30. The molecule has 7 heteroatoms. The summed E-state index contributed by atoms with van der Waals surface area (Å²) in [4.78, 5) is 0. The monoisotopic (exact) mass is 260 g/mol. The van der Waals surface area contributed by atoms with Crippen molar-refractivity contribution in [2.45, 2.75) is 0 Å². The summed E-state index contributed by atoms with van der Waals surface area (Å²) >= 11 is -2.31. The summed E-state index contributed by atoms with van der Waals surface area (Å²) in [5.41, 5.74) is 0.478. The largest absolute Gasteiger partial charge is 0.755 e. The molecule has 1 aromatic rings. The molecule has 1 N–H and O–H groups in total. The molecular weight excluding hydrogens is 246 g/mol. The topological polar surface area (TPSA) is 79.8 Å². The highest BCUT2D eigenvalue weighted by molar-refractivity contribution is 7.80. The number of benzene rings is 1. The Labute approximate surface area is 102 Å². The van der Waals surface area contributed by atoms with Crippen molar-refractivity contribution < 1.29 is 23.0 Å². The molecule has 1 atom stereocenters. The fraction of sp³-hybridized carbons (Fsp3) is 0.400. The number of hydrogen-bond donors (Lipinski definition) is 1. The van der Waals surface area contributed by atoms with Gasteiger partial charge < -0.3 is 23.5 Å². The molecule has 1 unspecified atom stereocenters. The van der Waals surface area contributed by atoms with Crippen LogP contribution >= 0.6 is 0 Å². The number of nitrogens with one attached hydrogen (secondary N) is 1. The second-order valence-electron chi connectivity index (χ2n) is 3.02. The van der Waals surface area contributed by atoms with E-state index in [1.807, 2.05) is 0 Å². The molecule has 0 radical (unpaired) electrons. The summed E-state index contributed by atoms with van der Waals surface area (Å²) in [6, 6.07) is 6.49. The van der Waals surface area contributed by atoms with Gasteiger partial charge in [0.05, 0.1) is 13.2 Å². The number of hydrogen-bond acceptors (Lipinski definition) is 5. The Morgan fingerprint density at radius 3 is 2.59 bits per heavy atom. The first-order valence-electron chi connectivity index (χ1n) is 4.88. The van der Waals surface area contributed by atoms with E-state index in [1.165, 1.54) is 0 Å². The van der Waals surface area contributed by atoms with Crippen molar-refractivity contribution in [3.05, 3.63) is 24.3 Å². The van der Waals surface area contributed by atoms with Crippen molar-refractivity contribution in [1.29, 1.82) is 0 Å². The minimum atomic E-state index is -2.31. The third-order valence-corrected chi connectivity index (χ3v) is 2.20. The summed E-state index contributed by atoms with van der Waals surface area (Å²) in [6.45, 7) is 1.11. The van der Waals surface area contributed by atoms with Gasteiger partial charge in [0.25, 0.3) is 0 Å². The number of ether oxygens (including phenoxy) is 3. The Hall–Kier alpha value is -1.15. The zero-order valence-corrected chi connectivity index (χ0v) is 10.2. The smallest absolute Gasteiger partial charge is 0.189 e. The Morgan fingerprint density at radius 1 is 1.29 bits per heavy atom. The van der Waals surface area contributed by atoms with Crippen LogP contribution in [0.5, 0.6) is 5.75 Å². The van der Waals surface area contributed by atoms with Crippen LogP contribution in [0.2, 0.25) is 0 Å². The fourth-order valence-corrected chi connectivity index (χ4v) is 1.35. The Kier molecular flexibility index (Phi) is 6.56. The molecule has 6 nitrogen and oxygen atoms in total. The molecule has 0 aliphatic rings. The normalized spacial score (nSPS) is 12.1. The van der Waals surface area contributed by atoms with Gasteiger partial charge in [-0.1, -0.05) is 0 Å². The standard InChI is InChI=1S/C10H15NO5S/c1-14-6-7-15-8-16-10-4-2-9(3-5-10)11-17(12)13/h2-5,11H,6-8H2,1H3,(H,12,13)/p-1. The molecule has 1 aromatic carbocycles. The summed E-state index contributed by atoms with van der Waals surface area (Å²) in [5.74, 6) is 0.602. The Bertz CT molecular complexity index is 343. The van der Waals surface area contributed by atoms with Crippen LogP contribution < -0.4 is 9.46 Å². The lowest BCUT2D eigenvalue weighted by Gasteiger charge is -2.10. The van der Waals surface area contributed by atoms with E-state index in [9.17, 15) is 8.76 Å². The summed E-state index contributed by atoms with van der Waals surface area (Å²) in [7, 11) is 1.59. The molecule has 0 spiro atoms. The zero-order chi connectivity index (χ0) is 12.5. The highest BCUT2D eigenvalue weighted by Gasteiger charge is 1.95. The average molecular weight is 260 g/mol. The van der Waals surface area contributed by atoms with E-state index in [0.29, 0.717) is 24.7 Å². The van der Waals surface area contributed by atoms with E-state index in [-0.39, 0.29) is 6.79 Å². The third kappa shape index (κ3) is 6.22. The van der Waals surface area contributed by atoms with Gasteiger partial charge in [-0.25, -0.2) is 0 Å². The van der Waals surface area contributed by atoms with Crippen molar-refractivity contribution in [3.63, 3.8) is 0 Å². The minimum absolute atomic E-state index is 0.129. The molecular formula is C10H14NO5S-. The Morgan fingerprint density at radius 2 is 2.00 bits per heavy atom. The molecule has 0 aromatic heterocycles. The maximum atomic E-state index is 10.4. The van der Waals surface area contributed by atoms with E-state index in [1.54, 1.807) is 31.4 Å². The van der Waals surface area contributed by atoms with Crippen LogP contribution in [-0.2, 0) is 20.7 Å². The molecule has 0 aliphatic carbocycles. The van der Waals surface area contributed by atoms with Gasteiger partial charge in [0.15, 0.2) is 6.79 Å². The predicted molar refractivity (Wildman–Crippen MR) is 62.3 cm³/mol. The van der Waals surface area contributed by atoms with Crippen molar-refractivity contribution >= 4 is 17.0 Å². The maximum absolute atomic E-state index is 10.4. The van der Waals surface area contributed by atoms with Crippen LogP contribution in [0.15, 0.2) is 24.3 Å². The van der Waals surface area contributed by atoms with Gasteiger partial charge in [0.1, 0.15) is 5.75 Å². The van der Waals surface area contributed by atoms with Gasteiger partial charge in [0, 0.05) is 24.1 Å². The minimum Gasteiger partial charge on any atom is -0.755 e. The van der Waals surface area contributed by atoms with E-state index >= 15 is 0 Å². The van der Waals surface area contributed by atoms with Crippen molar-refractivity contribution in [2.24, 2.45) is 0 Å². The number of rotatable bonds is 8. The van der Waals surface area contributed by atoms with Crippen LogP contribution in [0.4, 0.5) is 5.69 Å². The van der Waals surface area contributed by atoms with E-state index in [0.717, 1.165) is 0 Å². The summed E-state index contributed by atoms with van der Waals surface area (Å²) < 4.78 is 38.1. The quantitative estimate of drug-likeness (QED) is 0.426. The molecule has 0 amide bonds. The van der Waals surface area contributed by atoms with E-state index < -0.39 is 11.3 Å². The van der Waals surface area contributed by atoms with Gasteiger partial charge in [-0.05, 0) is 24.3 Å². The second kappa shape index (κ2) is 8.02. The van der Waals surface area contributed by atoms with Gasteiger partial charge >= 0.3 is 0 Å². The van der Waals surface area contributed by atoms with Crippen LogP contribution in [0.1, 0.15) is 0 Å². The molecule has 17 heavy (non-hydrogen) atoms. The Balaban J connectivity index is 2.28. The molecule has 0 bridgehead atoms. The van der Waals surface area contributed by atoms with E-state index in [2.05, 4.69) is 4.72 Å². The zero-order valence-electron chi connectivity index (χ0n) is 9.38. The van der Waals surface area contributed by atoms with Gasteiger partial charge in [0.2, 0.25) is 0 Å². The highest BCUT2D eigenvalue weighted by atomic mass is 32.2. The summed E-state index contributed by atoms with van der Waals surface area (Å²) in [6.07, 6.45) is 0. The first-order chi connectivity index (χ1) is 8.22.